The Kier molecular flexibility index (Phi) is 3.34. The van der Waals surface area contributed by atoms with E-state index in [0.717, 1.165) is 10.4 Å². The van der Waals surface area contributed by atoms with Crippen LogP contribution in [-0.4, -0.2) is 43.2 Å². The van der Waals surface area contributed by atoms with Crippen molar-refractivity contribution < 1.29 is 18.1 Å². The quantitative estimate of drug-likeness (QED) is 0.712. The first-order chi connectivity index (χ1) is 11.9. The number of likely N-dealkylation sites (tertiary alicyclic amines) is 1. The summed E-state index contributed by atoms with van der Waals surface area (Å²) in [6, 6.07) is 6.20. The fourth-order valence-electron chi connectivity index (χ4n) is 3.21. The molecule has 1 aromatic carbocycles. The second-order valence-electron chi connectivity index (χ2n) is 6.18. The number of hydrogen-bond acceptors (Lipinski definition) is 5. The molecule has 0 radical (unpaired) electrons. The lowest BCUT2D eigenvalue weighted by molar-refractivity contribution is 0.0116. The maximum atomic E-state index is 14.0. The minimum absolute atomic E-state index is 0.0169. The van der Waals surface area contributed by atoms with Crippen LogP contribution in [0, 0.1) is 6.92 Å². The standard InChI is InChI=1S/C16H15F2N5O2/c1-9-19-14(25-21-9)12-7-16(17,18)8-23(12)15(24)13-10-5-3-4-6-11(10)22(2)20-13/h3-6,12H,7-8H2,1-2H3/t12-/m0/s1. The highest BCUT2D eigenvalue weighted by Gasteiger charge is 2.50. The van der Waals surface area contributed by atoms with Crippen molar-refractivity contribution in [2.45, 2.75) is 25.3 Å². The number of carbonyl (C=O) groups excluding carboxylic acids is 1. The van der Waals surface area contributed by atoms with Gasteiger partial charge in [-0.25, -0.2) is 8.78 Å². The van der Waals surface area contributed by atoms with Crippen molar-refractivity contribution in [1.29, 1.82) is 0 Å². The number of carbonyl (C=O) groups is 1. The van der Waals surface area contributed by atoms with E-state index in [1.54, 1.807) is 30.8 Å². The Labute approximate surface area is 141 Å². The summed E-state index contributed by atoms with van der Waals surface area (Å²) in [5, 5.41) is 8.49. The molecular weight excluding hydrogens is 332 g/mol. The SMILES string of the molecule is Cc1noc([C@@H]2CC(F)(F)CN2C(=O)c2nn(C)c3ccccc23)n1. The lowest BCUT2D eigenvalue weighted by Crippen LogP contribution is -2.33. The van der Waals surface area contributed by atoms with Gasteiger partial charge in [-0.15, -0.1) is 0 Å². The van der Waals surface area contributed by atoms with E-state index in [-0.39, 0.29) is 11.6 Å². The van der Waals surface area contributed by atoms with E-state index in [0.29, 0.717) is 11.2 Å². The van der Waals surface area contributed by atoms with Gasteiger partial charge in [-0.05, 0) is 13.0 Å². The van der Waals surface area contributed by atoms with Gasteiger partial charge in [0.05, 0.1) is 12.1 Å². The summed E-state index contributed by atoms with van der Waals surface area (Å²) in [7, 11) is 1.70. The number of aromatic nitrogens is 4. The molecule has 1 amide bonds. The predicted molar refractivity (Wildman–Crippen MR) is 83.1 cm³/mol. The summed E-state index contributed by atoms with van der Waals surface area (Å²) < 4.78 is 34.6. The van der Waals surface area contributed by atoms with Crippen LogP contribution in [-0.2, 0) is 7.05 Å². The zero-order chi connectivity index (χ0) is 17.8. The smallest absolute Gasteiger partial charge is 0.275 e. The molecule has 0 N–H and O–H groups in total. The molecule has 1 saturated heterocycles. The summed E-state index contributed by atoms with van der Waals surface area (Å²) in [5.74, 6) is -3.24. The van der Waals surface area contributed by atoms with E-state index >= 15 is 0 Å². The van der Waals surface area contributed by atoms with Crippen molar-refractivity contribution in [3.05, 3.63) is 41.7 Å². The van der Waals surface area contributed by atoms with Crippen LogP contribution >= 0.6 is 0 Å². The highest BCUT2D eigenvalue weighted by Crippen LogP contribution is 2.41. The van der Waals surface area contributed by atoms with Gasteiger partial charge in [-0.1, -0.05) is 23.4 Å². The Morgan fingerprint density at radius 2 is 2.12 bits per heavy atom. The van der Waals surface area contributed by atoms with Gasteiger partial charge in [-0.3, -0.25) is 9.48 Å². The molecule has 0 unspecified atom stereocenters. The molecule has 2 aromatic heterocycles. The molecule has 3 heterocycles. The summed E-state index contributed by atoms with van der Waals surface area (Å²) in [6.07, 6.45) is -0.550. The number of benzene rings is 1. The van der Waals surface area contributed by atoms with Gasteiger partial charge in [-0.2, -0.15) is 10.1 Å². The molecule has 1 aliphatic heterocycles. The lowest BCUT2D eigenvalue weighted by Gasteiger charge is -2.20. The van der Waals surface area contributed by atoms with Crippen LogP contribution in [0.1, 0.15) is 34.7 Å². The first kappa shape index (κ1) is 15.7. The highest BCUT2D eigenvalue weighted by atomic mass is 19.3. The number of halogens is 2. The molecule has 4 rings (SSSR count). The second kappa shape index (κ2) is 5.33. The summed E-state index contributed by atoms with van der Waals surface area (Å²) in [4.78, 5) is 18.1. The topological polar surface area (TPSA) is 77.0 Å². The van der Waals surface area contributed by atoms with Crippen molar-refractivity contribution in [2.24, 2.45) is 7.05 Å². The number of aryl methyl sites for hydroxylation is 2. The number of nitrogens with zero attached hydrogens (tertiary/aromatic N) is 5. The third kappa shape index (κ3) is 2.55. The van der Waals surface area contributed by atoms with Gasteiger partial charge in [0.2, 0.25) is 5.89 Å². The fourth-order valence-corrected chi connectivity index (χ4v) is 3.21. The number of rotatable bonds is 2. The maximum Gasteiger partial charge on any atom is 0.275 e. The summed E-state index contributed by atoms with van der Waals surface area (Å²) >= 11 is 0. The first-order valence-electron chi connectivity index (χ1n) is 7.76. The molecule has 1 aliphatic rings. The van der Waals surface area contributed by atoms with Crippen LogP contribution < -0.4 is 0 Å². The molecule has 0 aliphatic carbocycles. The van der Waals surface area contributed by atoms with Crippen LogP contribution in [0.4, 0.5) is 8.78 Å². The van der Waals surface area contributed by atoms with Crippen LogP contribution in [0.5, 0.6) is 0 Å². The van der Waals surface area contributed by atoms with Gasteiger partial charge < -0.3 is 9.42 Å². The van der Waals surface area contributed by atoms with Gasteiger partial charge in [0.25, 0.3) is 11.8 Å². The molecule has 9 heteroatoms. The van der Waals surface area contributed by atoms with Gasteiger partial charge >= 0.3 is 0 Å². The van der Waals surface area contributed by atoms with E-state index in [2.05, 4.69) is 15.2 Å². The largest absolute Gasteiger partial charge is 0.337 e. The van der Waals surface area contributed by atoms with Gasteiger partial charge in [0.1, 0.15) is 6.04 Å². The van der Waals surface area contributed by atoms with Crippen LogP contribution in [0.15, 0.2) is 28.8 Å². The number of para-hydroxylation sites is 1. The maximum absolute atomic E-state index is 14.0. The average molecular weight is 347 g/mol. The van der Waals surface area contributed by atoms with E-state index in [9.17, 15) is 13.6 Å². The molecule has 0 saturated carbocycles. The van der Waals surface area contributed by atoms with E-state index in [1.807, 2.05) is 12.1 Å². The number of amides is 1. The van der Waals surface area contributed by atoms with Crippen molar-refractivity contribution in [3.63, 3.8) is 0 Å². The normalized spacial score (nSPS) is 19.7. The van der Waals surface area contributed by atoms with E-state index in [1.165, 1.54) is 0 Å². The van der Waals surface area contributed by atoms with Crippen molar-refractivity contribution in [1.82, 2.24) is 24.8 Å². The summed E-state index contributed by atoms with van der Waals surface area (Å²) in [6.45, 7) is 0.890. The first-order valence-corrected chi connectivity index (χ1v) is 7.76. The molecule has 25 heavy (non-hydrogen) atoms. The lowest BCUT2D eigenvalue weighted by atomic mass is 10.1. The van der Waals surface area contributed by atoms with Crippen LogP contribution in [0.25, 0.3) is 10.9 Å². The molecule has 7 nitrogen and oxygen atoms in total. The Hall–Kier alpha value is -2.84. The minimum atomic E-state index is -3.02. The summed E-state index contributed by atoms with van der Waals surface area (Å²) in [5.41, 5.74) is 0.888. The number of alkyl halides is 2. The van der Waals surface area contributed by atoms with Gasteiger partial charge in [0.15, 0.2) is 11.5 Å². The molecule has 130 valence electrons. The fraction of sp³-hybridized carbons (Fsp3) is 0.375. The molecule has 0 spiro atoms. The average Bonchev–Trinajstić information content (AvgIpc) is 3.23. The van der Waals surface area contributed by atoms with Crippen molar-refractivity contribution in [2.75, 3.05) is 6.54 Å². The Bertz CT molecular complexity index is 964. The molecular formula is C16H15F2N5O2. The number of hydrogen-bond donors (Lipinski definition) is 0. The zero-order valence-corrected chi connectivity index (χ0v) is 13.6. The Morgan fingerprint density at radius 3 is 2.84 bits per heavy atom. The molecule has 3 aromatic rings. The van der Waals surface area contributed by atoms with Crippen LogP contribution in [0.2, 0.25) is 0 Å². The van der Waals surface area contributed by atoms with E-state index in [4.69, 9.17) is 4.52 Å². The highest BCUT2D eigenvalue weighted by molar-refractivity contribution is 6.05. The molecule has 0 bridgehead atoms. The second-order valence-corrected chi connectivity index (χ2v) is 6.18. The minimum Gasteiger partial charge on any atom is -0.337 e. The third-order valence-electron chi connectivity index (χ3n) is 4.32. The van der Waals surface area contributed by atoms with Crippen molar-refractivity contribution >= 4 is 16.8 Å². The number of fused-ring (bicyclic) bond motifs is 1. The third-order valence-corrected chi connectivity index (χ3v) is 4.32. The van der Waals surface area contributed by atoms with Crippen molar-refractivity contribution in [3.8, 4) is 0 Å². The Balaban J connectivity index is 1.76. The Morgan fingerprint density at radius 1 is 1.36 bits per heavy atom. The van der Waals surface area contributed by atoms with Gasteiger partial charge in [0, 0.05) is 18.9 Å². The zero-order valence-electron chi connectivity index (χ0n) is 13.6. The monoisotopic (exact) mass is 347 g/mol. The van der Waals surface area contributed by atoms with Crippen LogP contribution in [0.3, 0.4) is 0 Å². The predicted octanol–water partition coefficient (Wildman–Crippen LogP) is 2.49. The molecule has 1 fully saturated rings. The van der Waals surface area contributed by atoms with E-state index < -0.39 is 30.8 Å². The molecule has 1 atom stereocenters.